The van der Waals surface area contributed by atoms with Gasteiger partial charge in [0.15, 0.2) is 11.5 Å². The van der Waals surface area contributed by atoms with Crippen molar-refractivity contribution in [1.82, 2.24) is 24.4 Å². The predicted molar refractivity (Wildman–Crippen MR) is 133 cm³/mol. The quantitative estimate of drug-likeness (QED) is 0.599. The molecule has 0 bridgehead atoms. The maximum atomic E-state index is 13.8. The third-order valence-electron chi connectivity index (χ3n) is 6.49. The molecule has 0 spiro atoms. The summed E-state index contributed by atoms with van der Waals surface area (Å²) >= 11 is 0. The van der Waals surface area contributed by atoms with Crippen LogP contribution in [0.3, 0.4) is 0 Å². The van der Waals surface area contributed by atoms with E-state index in [0.29, 0.717) is 37.1 Å². The van der Waals surface area contributed by atoms with E-state index in [9.17, 15) is 4.79 Å². The van der Waals surface area contributed by atoms with Gasteiger partial charge in [-0.2, -0.15) is 4.98 Å². The smallest absolute Gasteiger partial charge is 0.276 e. The van der Waals surface area contributed by atoms with Crippen LogP contribution in [0.1, 0.15) is 41.8 Å². The summed E-state index contributed by atoms with van der Waals surface area (Å²) in [6.45, 7) is 6.51. The second-order valence-corrected chi connectivity index (χ2v) is 9.03. The first-order valence-corrected chi connectivity index (χ1v) is 11.7. The van der Waals surface area contributed by atoms with Crippen molar-refractivity contribution >= 4 is 28.6 Å². The molecule has 3 aromatic rings. The molecule has 1 aromatic carbocycles. The lowest BCUT2D eigenvalue weighted by atomic mass is 10.1. The van der Waals surface area contributed by atoms with E-state index in [0.717, 1.165) is 48.5 Å². The molecule has 4 heterocycles. The Morgan fingerprint density at radius 1 is 1.21 bits per heavy atom. The van der Waals surface area contributed by atoms with Gasteiger partial charge in [0.25, 0.3) is 5.91 Å². The van der Waals surface area contributed by atoms with Crippen molar-refractivity contribution in [3.8, 4) is 11.8 Å². The number of nitrogens with zero attached hydrogens (tertiary/aromatic N) is 7. The number of aromatic nitrogens is 4. The first-order valence-electron chi connectivity index (χ1n) is 11.7. The molecule has 1 saturated heterocycles. The predicted octanol–water partition coefficient (Wildman–Crippen LogP) is 2.14. The number of amides is 1. The number of fused-ring (bicyclic) bond motifs is 2. The van der Waals surface area contributed by atoms with E-state index in [1.54, 1.807) is 11.8 Å². The molecule has 2 N–H and O–H groups in total. The average Bonchev–Trinajstić information content (AvgIpc) is 3.21. The Balaban J connectivity index is 1.51. The average molecular weight is 459 g/mol. The number of anilines is 2. The number of carbonyl (C=O) groups is 1. The second-order valence-electron chi connectivity index (χ2n) is 9.03. The number of hydrogen-bond donors (Lipinski definition) is 1. The van der Waals surface area contributed by atoms with Gasteiger partial charge >= 0.3 is 0 Å². The lowest BCUT2D eigenvalue weighted by molar-refractivity contribution is 0.0716. The summed E-state index contributed by atoms with van der Waals surface area (Å²) in [6, 6.07) is 8.04. The van der Waals surface area contributed by atoms with Crippen LogP contribution in [-0.2, 0) is 13.1 Å². The van der Waals surface area contributed by atoms with Gasteiger partial charge in [-0.1, -0.05) is 24.1 Å². The van der Waals surface area contributed by atoms with Gasteiger partial charge < -0.3 is 20.4 Å². The summed E-state index contributed by atoms with van der Waals surface area (Å²) < 4.78 is 1.95. The highest BCUT2D eigenvalue weighted by molar-refractivity contribution is 6.00. The van der Waals surface area contributed by atoms with Gasteiger partial charge in [-0.05, 0) is 32.8 Å². The van der Waals surface area contributed by atoms with Gasteiger partial charge in [-0.3, -0.25) is 9.36 Å². The normalized spacial score (nSPS) is 18.2. The van der Waals surface area contributed by atoms with Crippen LogP contribution >= 0.6 is 0 Å². The number of aryl methyl sites for hydroxylation is 1. The Morgan fingerprint density at radius 3 is 2.82 bits per heavy atom. The summed E-state index contributed by atoms with van der Waals surface area (Å²) in [5, 5.41) is 1.02. The number of para-hydroxylation sites is 1. The van der Waals surface area contributed by atoms with Crippen LogP contribution in [0, 0.1) is 18.8 Å². The summed E-state index contributed by atoms with van der Waals surface area (Å²) in [4.78, 5) is 34.0. The Bertz CT molecular complexity index is 1300. The third-order valence-corrected chi connectivity index (χ3v) is 6.49. The van der Waals surface area contributed by atoms with Crippen LogP contribution in [0.2, 0.25) is 0 Å². The topological polar surface area (TPSA) is 96.4 Å². The first kappa shape index (κ1) is 22.2. The van der Waals surface area contributed by atoms with Gasteiger partial charge in [0.2, 0.25) is 5.95 Å². The zero-order chi connectivity index (χ0) is 23.8. The van der Waals surface area contributed by atoms with Crippen LogP contribution in [0.15, 0.2) is 24.3 Å². The molecule has 1 fully saturated rings. The lowest BCUT2D eigenvalue weighted by Crippen LogP contribution is -2.46. The van der Waals surface area contributed by atoms with Crippen LogP contribution in [0.5, 0.6) is 0 Å². The third kappa shape index (κ3) is 3.94. The van der Waals surface area contributed by atoms with E-state index in [2.05, 4.69) is 21.7 Å². The molecular weight excluding hydrogens is 428 g/mol. The van der Waals surface area contributed by atoms with Crippen LogP contribution in [0.4, 0.5) is 11.8 Å². The molecule has 0 radical (unpaired) electrons. The van der Waals surface area contributed by atoms with E-state index in [4.69, 9.17) is 15.7 Å². The molecular formula is C25H30N8O. The van der Waals surface area contributed by atoms with E-state index < -0.39 is 0 Å². The minimum absolute atomic E-state index is 0.0829. The number of rotatable bonds is 4. The van der Waals surface area contributed by atoms with Crippen molar-refractivity contribution in [2.45, 2.75) is 45.8 Å². The fraction of sp³-hybridized carbons (Fsp3) is 0.440. The number of hydrogen-bond acceptors (Lipinski definition) is 7. The van der Waals surface area contributed by atoms with Crippen LogP contribution < -0.4 is 15.5 Å². The molecule has 5 rings (SSSR count). The number of imidazole rings is 1. The Kier molecular flexibility index (Phi) is 5.84. The number of carbonyl (C=O) groups excluding carboxylic acids is 1. The zero-order valence-corrected chi connectivity index (χ0v) is 20.0. The van der Waals surface area contributed by atoms with E-state index in [-0.39, 0.29) is 11.9 Å². The van der Waals surface area contributed by atoms with E-state index in [1.165, 1.54) is 0 Å². The monoisotopic (exact) mass is 458 g/mol. The molecule has 0 aliphatic carbocycles. The molecule has 0 saturated carbocycles. The minimum Gasteiger partial charge on any atom is -0.341 e. The van der Waals surface area contributed by atoms with Gasteiger partial charge in [-0.15, -0.1) is 5.92 Å². The van der Waals surface area contributed by atoms with Gasteiger partial charge in [0, 0.05) is 37.3 Å². The highest BCUT2D eigenvalue weighted by Gasteiger charge is 2.36. The summed E-state index contributed by atoms with van der Waals surface area (Å²) in [5.74, 6) is 8.07. The summed E-state index contributed by atoms with van der Waals surface area (Å²) in [7, 11) is 1.96. The SMILES string of the molecule is CC#CCn1c(N2CCCC(N)C2)nc2c1C(=O)N(Cc1nc(C)c3ccccc3n1)CN2C. The summed E-state index contributed by atoms with van der Waals surface area (Å²) in [5.41, 5.74) is 8.59. The number of nitrogens with two attached hydrogens (primary N) is 1. The van der Waals surface area contributed by atoms with Crippen molar-refractivity contribution in [2.75, 3.05) is 36.6 Å². The van der Waals surface area contributed by atoms with Crippen LogP contribution in [0.25, 0.3) is 10.9 Å². The minimum atomic E-state index is -0.0829. The Labute approximate surface area is 199 Å². The van der Waals surface area contributed by atoms with Crippen molar-refractivity contribution < 1.29 is 4.79 Å². The van der Waals surface area contributed by atoms with Gasteiger partial charge in [0.1, 0.15) is 5.82 Å². The molecule has 1 amide bonds. The van der Waals surface area contributed by atoms with E-state index in [1.807, 2.05) is 47.7 Å². The molecule has 1 unspecified atom stereocenters. The van der Waals surface area contributed by atoms with Crippen LogP contribution in [-0.4, -0.2) is 63.2 Å². The molecule has 176 valence electrons. The molecule has 2 aromatic heterocycles. The highest BCUT2D eigenvalue weighted by Crippen LogP contribution is 2.32. The Morgan fingerprint density at radius 2 is 2.03 bits per heavy atom. The number of piperidine rings is 1. The molecule has 2 aliphatic heterocycles. The molecule has 9 heteroatoms. The van der Waals surface area contributed by atoms with Gasteiger partial charge in [-0.25, -0.2) is 9.97 Å². The standard InChI is InChI=1S/C25H30N8O/c1-4-5-13-33-22-23(29-25(33)31-12-8-9-18(26)14-31)30(3)16-32(24(22)34)15-21-27-17(2)19-10-6-7-11-20(19)28-21/h6-7,10-11,18H,8-9,12-16,26H2,1-3H3. The molecule has 9 nitrogen and oxygen atoms in total. The number of benzene rings is 1. The van der Waals surface area contributed by atoms with Crippen molar-refractivity contribution in [3.63, 3.8) is 0 Å². The molecule has 2 aliphatic rings. The Hall–Kier alpha value is -3.64. The highest BCUT2D eigenvalue weighted by atomic mass is 16.2. The largest absolute Gasteiger partial charge is 0.341 e. The van der Waals surface area contributed by atoms with Crippen molar-refractivity contribution in [3.05, 3.63) is 41.5 Å². The maximum absolute atomic E-state index is 13.8. The molecule has 34 heavy (non-hydrogen) atoms. The first-order chi connectivity index (χ1) is 16.5. The zero-order valence-electron chi connectivity index (χ0n) is 20.0. The maximum Gasteiger partial charge on any atom is 0.276 e. The van der Waals surface area contributed by atoms with Gasteiger partial charge in [0.05, 0.1) is 25.3 Å². The second kappa shape index (κ2) is 8.95. The van der Waals surface area contributed by atoms with Crippen molar-refractivity contribution in [2.24, 2.45) is 5.73 Å². The lowest BCUT2D eigenvalue weighted by Gasteiger charge is -2.33. The fourth-order valence-corrected chi connectivity index (χ4v) is 4.84. The van der Waals surface area contributed by atoms with E-state index >= 15 is 0 Å². The fourth-order valence-electron chi connectivity index (χ4n) is 4.84. The van der Waals surface area contributed by atoms with Crippen molar-refractivity contribution in [1.29, 1.82) is 0 Å². The molecule has 1 atom stereocenters. The summed E-state index contributed by atoms with van der Waals surface area (Å²) in [6.07, 6.45) is 2.01.